The second-order valence-corrected chi connectivity index (χ2v) is 6.87. The molecule has 1 aromatic heterocycles. The van der Waals surface area contributed by atoms with Gasteiger partial charge >= 0.3 is 0 Å². The SMILES string of the molecule is CCCC(C)(CNCC(C)C)Cc1cccs1. The summed E-state index contributed by atoms with van der Waals surface area (Å²) in [4.78, 5) is 1.52. The zero-order valence-electron chi connectivity index (χ0n) is 11.8. The van der Waals surface area contributed by atoms with Crippen LogP contribution in [0.25, 0.3) is 0 Å². The molecule has 0 bridgehead atoms. The van der Waals surface area contributed by atoms with Crippen molar-refractivity contribution >= 4 is 11.3 Å². The molecule has 0 saturated carbocycles. The Labute approximate surface area is 111 Å². The van der Waals surface area contributed by atoms with E-state index in [-0.39, 0.29) is 0 Å². The van der Waals surface area contributed by atoms with Crippen LogP contribution in [0.3, 0.4) is 0 Å². The van der Waals surface area contributed by atoms with Gasteiger partial charge in [-0.3, -0.25) is 0 Å². The number of thiophene rings is 1. The van der Waals surface area contributed by atoms with Gasteiger partial charge in [0, 0.05) is 11.4 Å². The fourth-order valence-corrected chi connectivity index (χ4v) is 3.26. The first-order chi connectivity index (χ1) is 8.06. The van der Waals surface area contributed by atoms with Crippen molar-refractivity contribution < 1.29 is 0 Å². The topological polar surface area (TPSA) is 12.0 Å². The van der Waals surface area contributed by atoms with Crippen molar-refractivity contribution in [1.29, 1.82) is 0 Å². The molecule has 1 N–H and O–H groups in total. The summed E-state index contributed by atoms with van der Waals surface area (Å²) in [6.45, 7) is 11.5. The molecule has 0 aliphatic rings. The second-order valence-electron chi connectivity index (χ2n) is 5.84. The Bertz CT molecular complexity index is 292. The van der Waals surface area contributed by atoms with E-state index in [1.807, 2.05) is 11.3 Å². The molecule has 0 radical (unpaired) electrons. The molecule has 0 aromatic carbocycles. The van der Waals surface area contributed by atoms with E-state index in [1.54, 1.807) is 0 Å². The molecule has 98 valence electrons. The third kappa shape index (κ3) is 5.69. The minimum absolute atomic E-state index is 0.411. The molecule has 0 aliphatic heterocycles. The van der Waals surface area contributed by atoms with Gasteiger partial charge in [0.25, 0.3) is 0 Å². The number of nitrogens with one attached hydrogen (secondary N) is 1. The molecule has 2 heteroatoms. The van der Waals surface area contributed by atoms with Crippen LogP contribution in [0, 0.1) is 11.3 Å². The Hall–Kier alpha value is -0.340. The summed E-state index contributed by atoms with van der Waals surface area (Å²) >= 11 is 1.89. The molecule has 1 aromatic rings. The van der Waals surface area contributed by atoms with Crippen LogP contribution < -0.4 is 5.32 Å². The quantitative estimate of drug-likeness (QED) is 0.726. The zero-order chi connectivity index (χ0) is 12.7. The largest absolute Gasteiger partial charge is 0.316 e. The lowest BCUT2D eigenvalue weighted by molar-refractivity contribution is 0.272. The van der Waals surface area contributed by atoms with Crippen LogP contribution in [0.1, 0.15) is 45.4 Å². The molecular formula is C15H27NS. The molecule has 1 heterocycles. The van der Waals surface area contributed by atoms with Gasteiger partial charge in [-0.15, -0.1) is 11.3 Å². The van der Waals surface area contributed by atoms with Crippen molar-refractivity contribution in [3.05, 3.63) is 22.4 Å². The van der Waals surface area contributed by atoms with Gasteiger partial charge in [0.2, 0.25) is 0 Å². The molecule has 0 spiro atoms. The van der Waals surface area contributed by atoms with Gasteiger partial charge in [-0.05, 0) is 42.2 Å². The maximum atomic E-state index is 3.63. The van der Waals surface area contributed by atoms with Crippen LogP contribution in [0.2, 0.25) is 0 Å². The first kappa shape index (κ1) is 14.7. The number of rotatable bonds is 8. The summed E-state index contributed by atoms with van der Waals surface area (Å²) in [7, 11) is 0. The van der Waals surface area contributed by atoms with Crippen molar-refractivity contribution in [2.75, 3.05) is 13.1 Å². The van der Waals surface area contributed by atoms with Gasteiger partial charge in [0.1, 0.15) is 0 Å². The Morgan fingerprint density at radius 1 is 1.41 bits per heavy atom. The molecule has 0 amide bonds. The van der Waals surface area contributed by atoms with E-state index in [9.17, 15) is 0 Å². The van der Waals surface area contributed by atoms with Crippen LogP contribution in [0.4, 0.5) is 0 Å². The second kappa shape index (κ2) is 7.17. The van der Waals surface area contributed by atoms with Gasteiger partial charge in [-0.1, -0.05) is 40.2 Å². The molecule has 1 nitrogen and oxygen atoms in total. The maximum absolute atomic E-state index is 3.63. The van der Waals surface area contributed by atoms with Crippen LogP contribution in [-0.4, -0.2) is 13.1 Å². The fourth-order valence-electron chi connectivity index (χ4n) is 2.34. The first-order valence-corrected chi connectivity index (χ1v) is 7.67. The summed E-state index contributed by atoms with van der Waals surface area (Å²) in [5, 5.41) is 5.81. The monoisotopic (exact) mass is 253 g/mol. The van der Waals surface area contributed by atoms with Crippen molar-refractivity contribution in [3.63, 3.8) is 0 Å². The minimum Gasteiger partial charge on any atom is -0.316 e. The van der Waals surface area contributed by atoms with Crippen LogP contribution in [0.5, 0.6) is 0 Å². The van der Waals surface area contributed by atoms with Crippen molar-refractivity contribution in [2.24, 2.45) is 11.3 Å². The highest BCUT2D eigenvalue weighted by molar-refractivity contribution is 7.09. The molecule has 0 aliphatic carbocycles. The highest BCUT2D eigenvalue weighted by Gasteiger charge is 2.23. The van der Waals surface area contributed by atoms with Gasteiger partial charge in [-0.25, -0.2) is 0 Å². The lowest BCUT2D eigenvalue weighted by Crippen LogP contribution is -2.35. The predicted octanol–water partition coefficient (Wildman–Crippen LogP) is 4.34. The Kier molecular flexibility index (Phi) is 6.21. The normalized spacial score (nSPS) is 15.1. The predicted molar refractivity (Wildman–Crippen MR) is 78.7 cm³/mol. The summed E-state index contributed by atoms with van der Waals surface area (Å²) < 4.78 is 0. The summed E-state index contributed by atoms with van der Waals surface area (Å²) in [6, 6.07) is 4.43. The average Bonchev–Trinajstić information content (AvgIpc) is 2.69. The molecule has 17 heavy (non-hydrogen) atoms. The third-order valence-electron chi connectivity index (χ3n) is 3.14. The van der Waals surface area contributed by atoms with E-state index in [0.717, 1.165) is 19.0 Å². The third-order valence-corrected chi connectivity index (χ3v) is 4.02. The van der Waals surface area contributed by atoms with Crippen molar-refractivity contribution in [2.45, 2.75) is 47.0 Å². The Morgan fingerprint density at radius 3 is 2.71 bits per heavy atom. The maximum Gasteiger partial charge on any atom is 0.00511 e. The summed E-state index contributed by atoms with van der Waals surface area (Å²) in [6.07, 6.45) is 3.78. The average molecular weight is 253 g/mol. The van der Waals surface area contributed by atoms with E-state index < -0.39 is 0 Å². The van der Waals surface area contributed by atoms with Crippen molar-refractivity contribution in [1.82, 2.24) is 5.32 Å². The smallest absolute Gasteiger partial charge is 0.00511 e. The molecule has 1 unspecified atom stereocenters. The van der Waals surface area contributed by atoms with Gasteiger partial charge in [0.05, 0.1) is 0 Å². The van der Waals surface area contributed by atoms with E-state index in [2.05, 4.69) is 50.5 Å². The molecule has 0 fully saturated rings. The highest BCUT2D eigenvalue weighted by atomic mass is 32.1. The zero-order valence-corrected chi connectivity index (χ0v) is 12.6. The number of hydrogen-bond donors (Lipinski definition) is 1. The van der Waals surface area contributed by atoms with E-state index in [4.69, 9.17) is 0 Å². The standard InChI is InChI=1S/C15H27NS/c1-5-8-15(4,12-16-11-13(2)3)10-14-7-6-9-17-14/h6-7,9,13,16H,5,8,10-12H2,1-4H3. The molecular weight excluding hydrogens is 226 g/mol. The van der Waals surface area contributed by atoms with E-state index in [0.29, 0.717) is 5.41 Å². The minimum atomic E-state index is 0.411. The van der Waals surface area contributed by atoms with Crippen LogP contribution >= 0.6 is 11.3 Å². The van der Waals surface area contributed by atoms with Gasteiger partial charge in [-0.2, -0.15) is 0 Å². The Balaban J connectivity index is 2.49. The molecule has 0 saturated heterocycles. The first-order valence-electron chi connectivity index (χ1n) is 6.79. The van der Waals surface area contributed by atoms with Crippen LogP contribution in [-0.2, 0) is 6.42 Å². The Morgan fingerprint density at radius 2 is 2.18 bits per heavy atom. The molecule has 1 rings (SSSR count). The lowest BCUT2D eigenvalue weighted by atomic mass is 9.81. The number of hydrogen-bond acceptors (Lipinski definition) is 2. The fraction of sp³-hybridized carbons (Fsp3) is 0.733. The van der Waals surface area contributed by atoms with E-state index >= 15 is 0 Å². The van der Waals surface area contributed by atoms with Gasteiger partial charge < -0.3 is 5.32 Å². The van der Waals surface area contributed by atoms with E-state index in [1.165, 1.54) is 24.1 Å². The van der Waals surface area contributed by atoms with Crippen LogP contribution in [0.15, 0.2) is 17.5 Å². The molecule has 1 atom stereocenters. The van der Waals surface area contributed by atoms with Crippen molar-refractivity contribution in [3.8, 4) is 0 Å². The van der Waals surface area contributed by atoms with Gasteiger partial charge in [0.15, 0.2) is 0 Å². The summed E-state index contributed by atoms with van der Waals surface area (Å²) in [5.74, 6) is 0.739. The highest BCUT2D eigenvalue weighted by Crippen LogP contribution is 2.29. The lowest BCUT2D eigenvalue weighted by Gasteiger charge is -2.29. The summed E-state index contributed by atoms with van der Waals surface area (Å²) in [5.41, 5.74) is 0.411.